The van der Waals surface area contributed by atoms with Crippen LogP contribution in [-0.2, 0) is 10.0 Å². The maximum atomic E-state index is 12.5. The number of hydrogen-bond donors (Lipinski definition) is 1. The second-order valence-corrected chi connectivity index (χ2v) is 6.79. The Balaban J connectivity index is 0.00000200. The Labute approximate surface area is 125 Å². The third kappa shape index (κ3) is 3.30. The minimum Gasteiger partial charge on any atom is -0.327 e. The number of sulfonamides is 1. The van der Waals surface area contributed by atoms with Gasteiger partial charge in [0.05, 0.1) is 16.5 Å². The van der Waals surface area contributed by atoms with Crippen LogP contribution in [0.15, 0.2) is 23.1 Å². The molecule has 0 radical (unpaired) electrons. The van der Waals surface area contributed by atoms with E-state index in [1.54, 1.807) is 19.1 Å². The van der Waals surface area contributed by atoms with E-state index in [0.29, 0.717) is 24.2 Å². The Morgan fingerprint density at radius 1 is 1.45 bits per heavy atom. The van der Waals surface area contributed by atoms with Gasteiger partial charge in [-0.05, 0) is 43.5 Å². The van der Waals surface area contributed by atoms with Gasteiger partial charge in [0.25, 0.3) is 0 Å². The number of piperidine rings is 1. The number of nitrogens with two attached hydrogens (primary N) is 1. The monoisotopic (exact) mass is 315 g/mol. The average Bonchev–Trinajstić information content (AvgIpc) is 2.38. The van der Waals surface area contributed by atoms with E-state index >= 15 is 0 Å². The third-order valence-electron chi connectivity index (χ3n) is 3.38. The minimum absolute atomic E-state index is 0. The normalized spacial score (nSPS) is 19.9. The quantitative estimate of drug-likeness (QED) is 0.893. The van der Waals surface area contributed by atoms with Crippen molar-refractivity contribution >= 4 is 22.4 Å². The molecule has 0 saturated carbocycles. The predicted molar refractivity (Wildman–Crippen MR) is 79.1 cm³/mol. The summed E-state index contributed by atoms with van der Waals surface area (Å²) in [4.78, 5) is 0.234. The van der Waals surface area contributed by atoms with Gasteiger partial charge in [0.15, 0.2) is 0 Å². The van der Waals surface area contributed by atoms with Crippen molar-refractivity contribution < 1.29 is 8.42 Å². The standard InChI is InChI=1S/C13H17N3O2S.ClH/c1-10-7-13(5-4-11(10)8-14)19(17,18)16-6-2-3-12(15)9-16;/h4-5,7,12H,2-3,6,9,15H2,1H3;1H. The molecule has 1 aliphatic heterocycles. The molecule has 20 heavy (non-hydrogen) atoms. The summed E-state index contributed by atoms with van der Waals surface area (Å²) >= 11 is 0. The summed E-state index contributed by atoms with van der Waals surface area (Å²) in [6.07, 6.45) is 1.65. The number of aryl methyl sites for hydroxylation is 1. The lowest BCUT2D eigenvalue weighted by Gasteiger charge is -2.29. The van der Waals surface area contributed by atoms with Crippen molar-refractivity contribution in [3.05, 3.63) is 29.3 Å². The van der Waals surface area contributed by atoms with Crippen molar-refractivity contribution in [2.75, 3.05) is 13.1 Å². The lowest BCUT2D eigenvalue weighted by atomic mass is 10.1. The van der Waals surface area contributed by atoms with Crippen molar-refractivity contribution in [2.24, 2.45) is 5.73 Å². The number of benzene rings is 1. The molecule has 1 saturated heterocycles. The zero-order chi connectivity index (χ0) is 14.0. The fourth-order valence-electron chi connectivity index (χ4n) is 2.26. The molecule has 1 heterocycles. The molecular formula is C13H18ClN3O2S. The predicted octanol–water partition coefficient (Wildman–Crippen LogP) is 1.40. The number of halogens is 1. The summed E-state index contributed by atoms with van der Waals surface area (Å²) in [7, 11) is -3.50. The highest BCUT2D eigenvalue weighted by Crippen LogP contribution is 2.22. The van der Waals surface area contributed by atoms with Crippen LogP contribution in [0.4, 0.5) is 0 Å². The second-order valence-electron chi connectivity index (χ2n) is 4.85. The largest absolute Gasteiger partial charge is 0.327 e. The van der Waals surface area contributed by atoms with Crippen LogP contribution in [0.5, 0.6) is 0 Å². The molecule has 0 aromatic heterocycles. The summed E-state index contributed by atoms with van der Waals surface area (Å²) in [6, 6.07) is 6.52. The van der Waals surface area contributed by atoms with Gasteiger partial charge in [0.2, 0.25) is 10.0 Å². The van der Waals surface area contributed by atoms with Gasteiger partial charge in [-0.3, -0.25) is 0 Å². The molecule has 0 bridgehead atoms. The van der Waals surface area contributed by atoms with Crippen molar-refractivity contribution in [3.63, 3.8) is 0 Å². The highest BCUT2D eigenvalue weighted by Gasteiger charge is 2.29. The van der Waals surface area contributed by atoms with E-state index < -0.39 is 10.0 Å². The van der Waals surface area contributed by atoms with Crippen molar-refractivity contribution in [2.45, 2.75) is 30.7 Å². The molecule has 1 unspecified atom stereocenters. The van der Waals surface area contributed by atoms with E-state index in [2.05, 4.69) is 0 Å². The zero-order valence-electron chi connectivity index (χ0n) is 11.2. The summed E-state index contributed by atoms with van der Waals surface area (Å²) in [5.41, 5.74) is 6.99. The van der Waals surface area contributed by atoms with E-state index in [9.17, 15) is 8.42 Å². The molecule has 0 aliphatic carbocycles. The molecular weight excluding hydrogens is 298 g/mol. The first-order chi connectivity index (χ1) is 8.95. The Kier molecular flexibility index (Phi) is 5.54. The fraction of sp³-hybridized carbons (Fsp3) is 0.462. The minimum atomic E-state index is -3.50. The molecule has 110 valence electrons. The SMILES string of the molecule is Cc1cc(S(=O)(=O)N2CCCC(N)C2)ccc1C#N.Cl. The smallest absolute Gasteiger partial charge is 0.243 e. The van der Waals surface area contributed by atoms with Gasteiger partial charge in [-0.25, -0.2) is 8.42 Å². The molecule has 2 N–H and O–H groups in total. The summed E-state index contributed by atoms with van der Waals surface area (Å²) < 4.78 is 26.4. The van der Waals surface area contributed by atoms with Crippen LogP contribution >= 0.6 is 12.4 Å². The zero-order valence-corrected chi connectivity index (χ0v) is 12.9. The maximum absolute atomic E-state index is 12.5. The average molecular weight is 316 g/mol. The van der Waals surface area contributed by atoms with Crippen LogP contribution in [0.25, 0.3) is 0 Å². The van der Waals surface area contributed by atoms with E-state index in [-0.39, 0.29) is 23.3 Å². The van der Waals surface area contributed by atoms with Gasteiger partial charge in [-0.2, -0.15) is 9.57 Å². The maximum Gasteiger partial charge on any atom is 0.243 e. The molecule has 2 rings (SSSR count). The molecule has 1 atom stereocenters. The molecule has 1 aliphatic rings. The first kappa shape index (κ1) is 16.9. The number of rotatable bonds is 2. The molecule has 1 fully saturated rings. The molecule has 1 aromatic rings. The first-order valence-electron chi connectivity index (χ1n) is 6.21. The second kappa shape index (κ2) is 6.55. The Hall–Kier alpha value is -1.13. The molecule has 5 nitrogen and oxygen atoms in total. The summed E-state index contributed by atoms with van der Waals surface area (Å²) in [5.74, 6) is 0. The van der Waals surface area contributed by atoms with E-state index in [1.165, 1.54) is 10.4 Å². The van der Waals surface area contributed by atoms with Crippen molar-refractivity contribution in [3.8, 4) is 6.07 Å². The molecule has 7 heteroatoms. The van der Waals surface area contributed by atoms with Gasteiger partial charge in [0, 0.05) is 19.1 Å². The number of hydrogen-bond acceptors (Lipinski definition) is 4. The molecule has 0 spiro atoms. The fourth-order valence-corrected chi connectivity index (χ4v) is 3.88. The summed E-state index contributed by atoms with van der Waals surface area (Å²) in [5, 5.41) is 8.87. The molecule has 0 amide bonds. The topological polar surface area (TPSA) is 87.2 Å². The van der Waals surface area contributed by atoms with Crippen LogP contribution in [0, 0.1) is 18.3 Å². The Morgan fingerprint density at radius 3 is 2.70 bits per heavy atom. The lowest BCUT2D eigenvalue weighted by molar-refractivity contribution is 0.316. The van der Waals surface area contributed by atoms with Gasteiger partial charge >= 0.3 is 0 Å². The van der Waals surface area contributed by atoms with Crippen LogP contribution in [-0.4, -0.2) is 31.9 Å². The van der Waals surface area contributed by atoms with Crippen molar-refractivity contribution in [1.29, 1.82) is 5.26 Å². The highest BCUT2D eigenvalue weighted by molar-refractivity contribution is 7.89. The third-order valence-corrected chi connectivity index (χ3v) is 5.24. The van der Waals surface area contributed by atoms with Crippen LogP contribution in [0.3, 0.4) is 0 Å². The number of nitriles is 1. The number of nitrogens with zero attached hydrogens (tertiary/aromatic N) is 2. The van der Waals surface area contributed by atoms with Crippen molar-refractivity contribution in [1.82, 2.24) is 4.31 Å². The van der Waals surface area contributed by atoms with Crippen LogP contribution < -0.4 is 5.73 Å². The van der Waals surface area contributed by atoms with E-state index in [1.807, 2.05) is 6.07 Å². The van der Waals surface area contributed by atoms with Gasteiger partial charge in [-0.15, -0.1) is 12.4 Å². The molecule has 1 aromatic carbocycles. The van der Waals surface area contributed by atoms with Gasteiger partial charge < -0.3 is 5.73 Å². The van der Waals surface area contributed by atoms with Crippen LogP contribution in [0.1, 0.15) is 24.0 Å². The summed E-state index contributed by atoms with van der Waals surface area (Å²) in [6.45, 7) is 2.61. The van der Waals surface area contributed by atoms with E-state index in [0.717, 1.165) is 12.8 Å². The van der Waals surface area contributed by atoms with Crippen LogP contribution in [0.2, 0.25) is 0 Å². The van der Waals surface area contributed by atoms with Gasteiger partial charge in [-0.1, -0.05) is 0 Å². The Bertz CT molecular complexity index is 625. The van der Waals surface area contributed by atoms with E-state index in [4.69, 9.17) is 11.0 Å². The highest BCUT2D eigenvalue weighted by atomic mass is 35.5. The van der Waals surface area contributed by atoms with Gasteiger partial charge in [0.1, 0.15) is 0 Å². The Morgan fingerprint density at radius 2 is 2.15 bits per heavy atom. The lowest BCUT2D eigenvalue weighted by Crippen LogP contribution is -2.45. The first-order valence-corrected chi connectivity index (χ1v) is 7.65.